The van der Waals surface area contributed by atoms with Crippen molar-refractivity contribution in [2.45, 2.75) is 32.9 Å². The summed E-state index contributed by atoms with van der Waals surface area (Å²) >= 11 is 0. The molecule has 0 bridgehead atoms. The fraction of sp³-hybridized carbons (Fsp3) is 0.533. The van der Waals surface area contributed by atoms with E-state index in [9.17, 15) is 13.2 Å². The normalized spacial score (nSPS) is 15.0. The predicted octanol–water partition coefficient (Wildman–Crippen LogP) is 2.89. The van der Waals surface area contributed by atoms with Crippen molar-refractivity contribution in [1.82, 2.24) is 10.6 Å². The molecule has 1 aromatic carbocycles. The Bertz CT molecular complexity index is 519. The zero-order chi connectivity index (χ0) is 15.9. The number of ether oxygens (including phenoxy) is 1. The number of hydrogen-bond donors (Lipinski definition) is 2. The largest absolute Gasteiger partial charge is 0.434 e. The van der Waals surface area contributed by atoms with E-state index >= 15 is 0 Å². The standard InChI is InChI=1S/C15H20F3N3O/c1-2-19-15(20-8-10-6-7-10)21-9-11-12(16)4-3-5-13(11)22-14(17)18/h3-5,10,14H,2,6-9H2,1H3,(H2,19,20,21). The molecule has 0 atom stereocenters. The zero-order valence-electron chi connectivity index (χ0n) is 12.4. The number of benzene rings is 1. The number of nitrogens with zero attached hydrogens (tertiary/aromatic N) is 1. The SMILES string of the molecule is CCNC(=NCc1c(F)cccc1OC(F)F)NCC1CC1. The van der Waals surface area contributed by atoms with Crippen LogP contribution in [0.15, 0.2) is 23.2 Å². The zero-order valence-corrected chi connectivity index (χ0v) is 12.4. The molecule has 1 fully saturated rings. The maximum atomic E-state index is 13.8. The van der Waals surface area contributed by atoms with Gasteiger partial charge in [0.2, 0.25) is 0 Å². The fourth-order valence-corrected chi connectivity index (χ4v) is 1.96. The summed E-state index contributed by atoms with van der Waals surface area (Å²) in [4.78, 5) is 4.24. The molecular weight excluding hydrogens is 295 g/mol. The molecular formula is C15H20F3N3O. The lowest BCUT2D eigenvalue weighted by molar-refractivity contribution is -0.0506. The van der Waals surface area contributed by atoms with Gasteiger partial charge in [0, 0.05) is 13.1 Å². The molecule has 122 valence electrons. The monoisotopic (exact) mass is 315 g/mol. The molecule has 22 heavy (non-hydrogen) atoms. The van der Waals surface area contributed by atoms with Crippen LogP contribution in [0.4, 0.5) is 13.2 Å². The highest BCUT2D eigenvalue weighted by Crippen LogP contribution is 2.27. The Balaban J connectivity index is 2.07. The van der Waals surface area contributed by atoms with Crippen LogP contribution in [0.5, 0.6) is 5.75 Å². The highest BCUT2D eigenvalue weighted by Gasteiger charge is 2.21. The fourth-order valence-electron chi connectivity index (χ4n) is 1.96. The van der Waals surface area contributed by atoms with E-state index in [1.165, 1.54) is 31.0 Å². The summed E-state index contributed by atoms with van der Waals surface area (Å²) in [5.41, 5.74) is 0.0198. The van der Waals surface area contributed by atoms with E-state index < -0.39 is 12.4 Å². The molecule has 2 rings (SSSR count). The van der Waals surface area contributed by atoms with Crippen molar-refractivity contribution in [2.75, 3.05) is 13.1 Å². The summed E-state index contributed by atoms with van der Waals surface area (Å²) in [5.74, 6) is 0.410. The number of rotatable bonds is 7. The van der Waals surface area contributed by atoms with Gasteiger partial charge in [-0.3, -0.25) is 0 Å². The Morgan fingerprint density at radius 1 is 1.36 bits per heavy atom. The Hall–Kier alpha value is -1.92. The number of guanidine groups is 1. The maximum Gasteiger partial charge on any atom is 0.387 e. The Kier molecular flexibility index (Phi) is 5.91. The number of nitrogens with one attached hydrogen (secondary N) is 2. The third-order valence-corrected chi connectivity index (χ3v) is 3.29. The molecule has 2 N–H and O–H groups in total. The van der Waals surface area contributed by atoms with E-state index in [-0.39, 0.29) is 17.9 Å². The van der Waals surface area contributed by atoms with Gasteiger partial charge in [-0.05, 0) is 37.8 Å². The lowest BCUT2D eigenvalue weighted by atomic mass is 10.2. The van der Waals surface area contributed by atoms with Crippen LogP contribution in [0.1, 0.15) is 25.3 Å². The second-order valence-electron chi connectivity index (χ2n) is 5.11. The first-order valence-electron chi connectivity index (χ1n) is 7.34. The van der Waals surface area contributed by atoms with E-state index in [0.29, 0.717) is 18.4 Å². The Labute approximate surface area is 127 Å². The van der Waals surface area contributed by atoms with E-state index in [4.69, 9.17) is 0 Å². The molecule has 1 aliphatic rings. The van der Waals surface area contributed by atoms with Crippen molar-refractivity contribution in [1.29, 1.82) is 0 Å². The van der Waals surface area contributed by atoms with Crippen LogP contribution < -0.4 is 15.4 Å². The van der Waals surface area contributed by atoms with Gasteiger partial charge < -0.3 is 15.4 Å². The molecule has 1 saturated carbocycles. The van der Waals surface area contributed by atoms with Crippen LogP contribution in [0, 0.1) is 11.7 Å². The van der Waals surface area contributed by atoms with Gasteiger partial charge in [-0.1, -0.05) is 6.07 Å². The first-order valence-corrected chi connectivity index (χ1v) is 7.34. The van der Waals surface area contributed by atoms with Crippen LogP contribution in [-0.4, -0.2) is 25.7 Å². The lowest BCUT2D eigenvalue weighted by Crippen LogP contribution is -2.38. The quantitative estimate of drug-likeness (QED) is 0.601. The first-order chi connectivity index (χ1) is 10.6. The predicted molar refractivity (Wildman–Crippen MR) is 78.6 cm³/mol. The minimum absolute atomic E-state index is 0.0198. The van der Waals surface area contributed by atoms with Crippen LogP contribution >= 0.6 is 0 Å². The molecule has 0 aliphatic heterocycles. The Morgan fingerprint density at radius 3 is 2.77 bits per heavy atom. The summed E-state index contributed by atoms with van der Waals surface area (Å²) in [6.45, 7) is 0.320. The van der Waals surface area contributed by atoms with Gasteiger partial charge in [-0.15, -0.1) is 0 Å². The summed E-state index contributed by atoms with van der Waals surface area (Å²) in [5, 5.41) is 6.20. The number of aliphatic imine (C=N–C) groups is 1. The molecule has 0 heterocycles. The number of alkyl halides is 2. The second kappa shape index (κ2) is 7.91. The van der Waals surface area contributed by atoms with E-state index in [0.717, 1.165) is 6.54 Å². The summed E-state index contributed by atoms with van der Waals surface area (Å²) in [6, 6.07) is 3.84. The van der Waals surface area contributed by atoms with Crippen molar-refractivity contribution < 1.29 is 17.9 Å². The second-order valence-corrected chi connectivity index (χ2v) is 5.11. The van der Waals surface area contributed by atoms with E-state index in [1.807, 2.05) is 6.92 Å². The average molecular weight is 315 g/mol. The van der Waals surface area contributed by atoms with Crippen molar-refractivity contribution in [3.63, 3.8) is 0 Å². The minimum atomic E-state index is -2.99. The molecule has 0 aromatic heterocycles. The molecule has 4 nitrogen and oxygen atoms in total. The average Bonchev–Trinajstić information content (AvgIpc) is 3.27. The molecule has 0 radical (unpaired) electrons. The molecule has 0 saturated heterocycles. The van der Waals surface area contributed by atoms with Gasteiger partial charge in [0.15, 0.2) is 5.96 Å². The molecule has 1 aliphatic carbocycles. The number of hydrogen-bond acceptors (Lipinski definition) is 2. The molecule has 0 unspecified atom stereocenters. The third kappa shape index (κ3) is 5.13. The highest BCUT2D eigenvalue weighted by molar-refractivity contribution is 5.79. The Morgan fingerprint density at radius 2 is 2.14 bits per heavy atom. The van der Waals surface area contributed by atoms with Gasteiger partial charge in [-0.2, -0.15) is 8.78 Å². The lowest BCUT2D eigenvalue weighted by Gasteiger charge is -2.13. The molecule has 0 amide bonds. The maximum absolute atomic E-state index is 13.8. The van der Waals surface area contributed by atoms with E-state index in [2.05, 4.69) is 20.4 Å². The van der Waals surface area contributed by atoms with Crippen LogP contribution in [0.2, 0.25) is 0 Å². The molecule has 7 heteroatoms. The highest BCUT2D eigenvalue weighted by atomic mass is 19.3. The minimum Gasteiger partial charge on any atom is -0.434 e. The topological polar surface area (TPSA) is 45.7 Å². The summed E-state index contributed by atoms with van der Waals surface area (Å²) in [7, 11) is 0. The van der Waals surface area contributed by atoms with Crippen LogP contribution in [0.25, 0.3) is 0 Å². The molecule has 1 aromatic rings. The van der Waals surface area contributed by atoms with Gasteiger partial charge in [-0.25, -0.2) is 9.38 Å². The van der Waals surface area contributed by atoms with Gasteiger partial charge in [0.05, 0.1) is 12.1 Å². The van der Waals surface area contributed by atoms with Crippen molar-refractivity contribution in [3.8, 4) is 5.75 Å². The van der Waals surface area contributed by atoms with Crippen molar-refractivity contribution in [2.24, 2.45) is 10.9 Å². The van der Waals surface area contributed by atoms with Crippen molar-refractivity contribution >= 4 is 5.96 Å². The number of halogens is 3. The van der Waals surface area contributed by atoms with Gasteiger partial charge >= 0.3 is 6.61 Å². The van der Waals surface area contributed by atoms with Crippen LogP contribution in [-0.2, 0) is 6.54 Å². The van der Waals surface area contributed by atoms with Crippen molar-refractivity contribution in [3.05, 3.63) is 29.6 Å². The summed E-state index contributed by atoms with van der Waals surface area (Å²) < 4.78 is 42.9. The first kappa shape index (κ1) is 16.5. The van der Waals surface area contributed by atoms with Gasteiger partial charge in [0.1, 0.15) is 11.6 Å². The smallest absolute Gasteiger partial charge is 0.387 e. The van der Waals surface area contributed by atoms with Gasteiger partial charge in [0.25, 0.3) is 0 Å². The molecule has 0 spiro atoms. The van der Waals surface area contributed by atoms with E-state index in [1.54, 1.807) is 0 Å². The van der Waals surface area contributed by atoms with Crippen LogP contribution in [0.3, 0.4) is 0 Å². The summed E-state index contributed by atoms with van der Waals surface area (Å²) in [6.07, 6.45) is 2.40. The third-order valence-electron chi connectivity index (χ3n) is 3.29.